The molecule has 0 amide bonds. The fraction of sp³-hybridized carbons (Fsp3) is 0. The molecule has 3 aromatic carbocycles. The Morgan fingerprint density at radius 1 is 1.10 bits per heavy atom. The summed E-state index contributed by atoms with van der Waals surface area (Å²) in [6, 6.07) is 17.9. The molecule has 0 radical (unpaired) electrons. The predicted octanol–water partition coefficient (Wildman–Crippen LogP) is 6.73. The summed E-state index contributed by atoms with van der Waals surface area (Å²) in [6.07, 6.45) is 1.56. The molecule has 0 saturated heterocycles. The topological polar surface area (TPSA) is 80.4 Å². The zero-order chi connectivity index (χ0) is 21.0. The summed E-state index contributed by atoms with van der Waals surface area (Å²) in [5, 5.41) is 21.3. The Bertz CT molecular complexity index is 1120. The molecule has 5 nitrogen and oxygen atoms in total. The van der Waals surface area contributed by atoms with Gasteiger partial charge in [0.05, 0.1) is 9.83 Å². The number of benzene rings is 3. The maximum Gasteiger partial charge on any atom is 0.311 e. The number of nitro groups is 1. The van der Waals surface area contributed by atoms with Gasteiger partial charge in [-0.25, -0.2) is 0 Å². The zero-order valence-electron chi connectivity index (χ0n) is 14.7. The second-order valence-electron chi connectivity index (χ2n) is 5.88. The third kappa shape index (κ3) is 5.26. The molecule has 0 aliphatic rings. The molecule has 8 heteroatoms. The van der Waals surface area contributed by atoms with E-state index in [9.17, 15) is 20.0 Å². The van der Waals surface area contributed by atoms with Gasteiger partial charge in [0.1, 0.15) is 0 Å². The second kappa shape index (κ2) is 9.26. The number of nitro benzene ring substituents is 1. The van der Waals surface area contributed by atoms with Gasteiger partial charge in [0.25, 0.3) is 0 Å². The lowest BCUT2D eigenvalue weighted by Crippen LogP contribution is -2.01. The number of Topliss-reactive ketones (excluding diaryl/α,β-unsaturated/α-hetero) is 1. The lowest BCUT2D eigenvalue weighted by molar-refractivity contribution is -0.385. The number of aromatic hydroxyl groups is 1. The number of thioether (sulfide) groups is 1. The van der Waals surface area contributed by atoms with E-state index in [0.717, 1.165) is 9.37 Å². The molecular formula is C21H13BrClNO4S. The van der Waals surface area contributed by atoms with Crippen molar-refractivity contribution in [1.29, 1.82) is 0 Å². The van der Waals surface area contributed by atoms with Crippen LogP contribution in [-0.2, 0) is 0 Å². The first-order valence-corrected chi connectivity index (χ1v) is 10.3. The van der Waals surface area contributed by atoms with Crippen molar-refractivity contribution in [2.45, 2.75) is 4.90 Å². The van der Waals surface area contributed by atoms with Crippen LogP contribution in [0.4, 0.5) is 5.69 Å². The molecule has 0 aromatic heterocycles. The SMILES string of the molecule is O=C(C(=Cc1ccc(O)c([N+](=O)[O-])c1)Sc1ccccc1Br)c1ccc(Cl)cc1. The Balaban J connectivity index is 2.07. The van der Waals surface area contributed by atoms with Crippen LogP contribution in [0.5, 0.6) is 5.75 Å². The first-order valence-electron chi connectivity index (χ1n) is 8.27. The van der Waals surface area contributed by atoms with Gasteiger partial charge < -0.3 is 5.11 Å². The summed E-state index contributed by atoms with van der Waals surface area (Å²) in [5.74, 6) is -0.686. The molecule has 0 aliphatic carbocycles. The molecular weight excluding hydrogens is 478 g/mol. The normalized spacial score (nSPS) is 11.3. The van der Waals surface area contributed by atoms with E-state index in [4.69, 9.17) is 11.6 Å². The number of carbonyl (C=O) groups excluding carboxylic acids is 1. The van der Waals surface area contributed by atoms with Gasteiger partial charge in [-0.15, -0.1) is 0 Å². The van der Waals surface area contributed by atoms with Gasteiger partial charge in [-0.3, -0.25) is 14.9 Å². The zero-order valence-corrected chi connectivity index (χ0v) is 17.9. The average Bonchev–Trinajstić information content (AvgIpc) is 2.70. The van der Waals surface area contributed by atoms with Crippen LogP contribution >= 0.6 is 39.3 Å². The van der Waals surface area contributed by atoms with E-state index >= 15 is 0 Å². The van der Waals surface area contributed by atoms with Crippen LogP contribution in [0.2, 0.25) is 5.02 Å². The van der Waals surface area contributed by atoms with Crippen LogP contribution in [0.3, 0.4) is 0 Å². The molecule has 0 bridgehead atoms. The largest absolute Gasteiger partial charge is 0.502 e. The highest BCUT2D eigenvalue weighted by Crippen LogP contribution is 2.36. The van der Waals surface area contributed by atoms with Crippen molar-refractivity contribution >= 4 is 56.8 Å². The van der Waals surface area contributed by atoms with Crippen LogP contribution < -0.4 is 0 Å². The summed E-state index contributed by atoms with van der Waals surface area (Å²) in [6.45, 7) is 0. The second-order valence-corrected chi connectivity index (χ2v) is 8.26. The molecule has 0 fully saturated rings. The number of rotatable bonds is 6. The van der Waals surface area contributed by atoms with E-state index in [1.165, 1.54) is 30.0 Å². The standard InChI is InChI=1S/C21H13BrClNO4S/c22-16-3-1-2-4-19(16)29-20(21(26)14-6-8-15(23)9-7-14)12-13-5-10-18(25)17(11-13)24(27)28/h1-12,25H. The summed E-state index contributed by atoms with van der Waals surface area (Å²) in [5.41, 5.74) is 0.433. The molecule has 29 heavy (non-hydrogen) atoms. The van der Waals surface area contributed by atoms with Gasteiger partial charge in [0, 0.05) is 26.0 Å². The van der Waals surface area contributed by atoms with Crippen LogP contribution in [0.25, 0.3) is 6.08 Å². The van der Waals surface area contributed by atoms with E-state index in [-0.39, 0.29) is 5.78 Å². The maximum atomic E-state index is 13.1. The highest BCUT2D eigenvalue weighted by Gasteiger charge is 2.18. The number of phenols is 1. The molecule has 1 N–H and O–H groups in total. The van der Waals surface area contributed by atoms with Crippen LogP contribution in [0.1, 0.15) is 15.9 Å². The summed E-state index contributed by atoms with van der Waals surface area (Å²) in [7, 11) is 0. The Hall–Kier alpha value is -2.61. The number of hydrogen-bond acceptors (Lipinski definition) is 5. The number of allylic oxidation sites excluding steroid dienone is 1. The third-order valence-electron chi connectivity index (χ3n) is 3.88. The molecule has 0 unspecified atom stereocenters. The Labute approximate surface area is 184 Å². The Kier molecular flexibility index (Phi) is 6.74. The highest BCUT2D eigenvalue weighted by molar-refractivity contribution is 9.10. The van der Waals surface area contributed by atoms with E-state index in [1.54, 1.807) is 30.3 Å². The van der Waals surface area contributed by atoms with E-state index < -0.39 is 16.4 Å². The first-order chi connectivity index (χ1) is 13.8. The van der Waals surface area contributed by atoms with Crippen LogP contribution in [0, 0.1) is 10.1 Å². The molecule has 0 atom stereocenters. The molecule has 0 aliphatic heterocycles. The molecule has 3 aromatic rings. The monoisotopic (exact) mass is 489 g/mol. The summed E-state index contributed by atoms with van der Waals surface area (Å²) >= 11 is 10.6. The van der Waals surface area contributed by atoms with Crippen LogP contribution in [0.15, 0.2) is 81.0 Å². The molecule has 0 spiro atoms. The summed E-state index contributed by atoms with van der Waals surface area (Å²) < 4.78 is 0.816. The van der Waals surface area contributed by atoms with Crippen molar-refractivity contribution in [2.75, 3.05) is 0 Å². The van der Waals surface area contributed by atoms with Gasteiger partial charge in [-0.1, -0.05) is 41.6 Å². The van der Waals surface area contributed by atoms with Gasteiger partial charge in [0.15, 0.2) is 11.5 Å². The fourth-order valence-corrected chi connectivity index (χ4v) is 4.07. The molecule has 146 valence electrons. The lowest BCUT2D eigenvalue weighted by atomic mass is 10.1. The minimum Gasteiger partial charge on any atom is -0.502 e. The van der Waals surface area contributed by atoms with Gasteiger partial charge >= 0.3 is 5.69 Å². The van der Waals surface area contributed by atoms with E-state index in [2.05, 4.69) is 15.9 Å². The maximum absolute atomic E-state index is 13.1. The molecule has 3 rings (SSSR count). The van der Waals surface area contributed by atoms with Gasteiger partial charge in [-0.05, 0) is 70.0 Å². The number of phenolic OH excluding ortho intramolecular Hbond substituents is 1. The smallest absolute Gasteiger partial charge is 0.311 e. The van der Waals surface area contributed by atoms with E-state index in [0.29, 0.717) is 21.1 Å². The van der Waals surface area contributed by atoms with Crippen molar-refractivity contribution in [2.24, 2.45) is 0 Å². The fourth-order valence-electron chi connectivity index (χ4n) is 2.46. The minimum absolute atomic E-state index is 0.252. The average molecular weight is 491 g/mol. The first kappa shape index (κ1) is 21.1. The third-order valence-corrected chi connectivity index (χ3v) is 6.19. The number of ketones is 1. The minimum atomic E-state index is -0.672. The van der Waals surface area contributed by atoms with Gasteiger partial charge in [-0.2, -0.15) is 0 Å². The predicted molar refractivity (Wildman–Crippen MR) is 119 cm³/mol. The van der Waals surface area contributed by atoms with Crippen molar-refractivity contribution in [3.8, 4) is 5.75 Å². The van der Waals surface area contributed by atoms with Crippen LogP contribution in [-0.4, -0.2) is 15.8 Å². The van der Waals surface area contributed by atoms with Crippen molar-refractivity contribution in [1.82, 2.24) is 0 Å². The van der Waals surface area contributed by atoms with Crippen molar-refractivity contribution in [3.05, 3.63) is 102 Å². The van der Waals surface area contributed by atoms with Crippen molar-refractivity contribution in [3.63, 3.8) is 0 Å². The van der Waals surface area contributed by atoms with Gasteiger partial charge in [0.2, 0.25) is 0 Å². The Morgan fingerprint density at radius 3 is 2.45 bits per heavy atom. The van der Waals surface area contributed by atoms with Crippen molar-refractivity contribution < 1.29 is 14.8 Å². The van der Waals surface area contributed by atoms with E-state index in [1.807, 2.05) is 24.3 Å². The summed E-state index contributed by atoms with van der Waals surface area (Å²) in [4.78, 5) is 24.8. The number of nitrogens with zero attached hydrogens (tertiary/aromatic N) is 1. The highest BCUT2D eigenvalue weighted by atomic mass is 79.9. The molecule has 0 saturated carbocycles. The Morgan fingerprint density at radius 2 is 1.79 bits per heavy atom. The quantitative estimate of drug-likeness (QED) is 0.136. The number of halogens is 2. The lowest BCUT2D eigenvalue weighted by Gasteiger charge is -2.09. The number of hydrogen-bond donors (Lipinski definition) is 1. The number of carbonyl (C=O) groups is 1. The molecule has 0 heterocycles.